The van der Waals surface area contributed by atoms with Gasteiger partial charge in [0.1, 0.15) is 5.82 Å². The van der Waals surface area contributed by atoms with Crippen LogP contribution in [-0.2, 0) is 4.74 Å². The van der Waals surface area contributed by atoms with E-state index in [0.717, 1.165) is 69.7 Å². The Bertz CT molecular complexity index is 543. The van der Waals surface area contributed by atoms with Crippen molar-refractivity contribution in [3.05, 3.63) is 18.3 Å². The summed E-state index contributed by atoms with van der Waals surface area (Å²) in [5.74, 6) is 1.72. The highest BCUT2D eigenvalue weighted by molar-refractivity contribution is 5.89. The molecule has 1 N–H and O–H groups in total. The monoisotopic (exact) mass is 346 g/mol. The summed E-state index contributed by atoms with van der Waals surface area (Å²) in [5.41, 5.74) is 0.761. The van der Waals surface area contributed by atoms with Crippen LogP contribution in [0.15, 0.2) is 18.3 Å². The van der Waals surface area contributed by atoms with Crippen LogP contribution >= 0.6 is 0 Å². The zero-order chi connectivity index (χ0) is 17.5. The van der Waals surface area contributed by atoms with Crippen LogP contribution in [-0.4, -0.2) is 55.3 Å². The first kappa shape index (κ1) is 18.0. The van der Waals surface area contributed by atoms with Crippen LogP contribution in [0.5, 0.6) is 0 Å². The topological polar surface area (TPSA) is 57.7 Å². The molecule has 3 rings (SSSR count). The number of nitrogens with zero attached hydrogens (tertiary/aromatic N) is 3. The average Bonchev–Trinajstić information content (AvgIpc) is 2.89. The summed E-state index contributed by atoms with van der Waals surface area (Å²) in [4.78, 5) is 21.2. The van der Waals surface area contributed by atoms with E-state index >= 15 is 0 Å². The van der Waals surface area contributed by atoms with Crippen LogP contribution in [0.3, 0.4) is 0 Å². The van der Waals surface area contributed by atoms with Gasteiger partial charge in [0.05, 0.1) is 25.1 Å². The normalized spacial score (nSPS) is 21.7. The molecule has 0 saturated carbocycles. The second-order valence-corrected chi connectivity index (χ2v) is 7.01. The molecule has 0 aliphatic carbocycles. The van der Waals surface area contributed by atoms with Crippen molar-refractivity contribution in [2.75, 3.05) is 49.6 Å². The molecule has 138 valence electrons. The lowest BCUT2D eigenvalue weighted by atomic mass is 9.96. The zero-order valence-corrected chi connectivity index (χ0v) is 15.2. The minimum atomic E-state index is -0.00179. The van der Waals surface area contributed by atoms with Gasteiger partial charge in [0.2, 0.25) is 0 Å². The number of morpholine rings is 1. The molecule has 0 aromatic carbocycles. The van der Waals surface area contributed by atoms with Crippen molar-refractivity contribution in [1.82, 2.24) is 9.88 Å². The third kappa shape index (κ3) is 5.08. The van der Waals surface area contributed by atoms with E-state index in [9.17, 15) is 4.79 Å². The molecule has 2 aliphatic rings. The third-order valence-electron chi connectivity index (χ3n) is 5.17. The summed E-state index contributed by atoms with van der Waals surface area (Å²) in [5, 5.41) is 3.00. The number of hydrogen-bond acceptors (Lipinski definition) is 4. The molecule has 0 radical (unpaired) electrons. The number of ether oxygens (including phenoxy) is 1. The van der Waals surface area contributed by atoms with E-state index < -0.39 is 0 Å². The van der Waals surface area contributed by atoms with E-state index in [-0.39, 0.29) is 6.03 Å². The standard InChI is InChI=1S/C19H30N4O2/c1-2-4-16-5-3-9-23(10-8-16)19(24)21-17-6-7-18(20-15-17)22-11-13-25-14-12-22/h6-7,15-16H,2-5,8-14H2,1H3,(H,21,24)/t16-/m1/s1. The number of nitrogens with one attached hydrogen (secondary N) is 1. The van der Waals surface area contributed by atoms with E-state index in [2.05, 4.69) is 22.1 Å². The van der Waals surface area contributed by atoms with E-state index in [1.54, 1.807) is 6.20 Å². The molecule has 1 aromatic rings. The smallest absolute Gasteiger partial charge is 0.321 e. The Balaban J connectivity index is 1.52. The number of pyridine rings is 1. The van der Waals surface area contributed by atoms with Crippen LogP contribution in [0.25, 0.3) is 0 Å². The van der Waals surface area contributed by atoms with Crippen molar-refractivity contribution in [1.29, 1.82) is 0 Å². The summed E-state index contributed by atoms with van der Waals surface area (Å²) in [6.07, 6.45) is 7.73. The van der Waals surface area contributed by atoms with Gasteiger partial charge in [0, 0.05) is 26.2 Å². The van der Waals surface area contributed by atoms with Crippen LogP contribution < -0.4 is 10.2 Å². The van der Waals surface area contributed by atoms with E-state index in [1.807, 2.05) is 17.0 Å². The number of carbonyl (C=O) groups excluding carboxylic acids is 1. The maximum absolute atomic E-state index is 12.5. The number of urea groups is 1. The summed E-state index contributed by atoms with van der Waals surface area (Å²) in [7, 11) is 0. The molecule has 25 heavy (non-hydrogen) atoms. The van der Waals surface area contributed by atoms with Crippen molar-refractivity contribution < 1.29 is 9.53 Å². The van der Waals surface area contributed by atoms with Gasteiger partial charge >= 0.3 is 6.03 Å². The van der Waals surface area contributed by atoms with Gasteiger partial charge in [0.15, 0.2) is 0 Å². The van der Waals surface area contributed by atoms with Gasteiger partial charge in [-0.15, -0.1) is 0 Å². The Kier molecular flexibility index (Phi) is 6.50. The molecule has 0 unspecified atom stereocenters. The number of aromatic nitrogens is 1. The minimum absolute atomic E-state index is 0.00179. The maximum Gasteiger partial charge on any atom is 0.321 e. The Morgan fingerprint density at radius 3 is 2.80 bits per heavy atom. The number of anilines is 2. The predicted octanol–water partition coefficient (Wildman–Crippen LogP) is 3.35. The third-order valence-corrected chi connectivity index (χ3v) is 5.17. The minimum Gasteiger partial charge on any atom is -0.378 e. The number of rotatable bonds is 4. The molecule has 1 atom stereocenters. The highest BCUT2D eigenvalue weighted by Crippen LogP contribution is 2.22. The van der Waals surface area contributed by atoms with Gasteiger partial charge < -0.3 is 19.9 Å². The first-order valence-corrected chi connectivity index (χ1v) is 9.61. The zero-order valence-electron chi connectivity index (χ0n) is 15.2. The molecular weight excluding hydrogens is 316 g/mol. The Morgan fingerprint density at radius 1 is 1.24 bits per heavy atom. The molecule has 1 aromatic heterocycles. The number of amides is 2. The van der Waals surface area contributed by atoms with Gasteiger partial charge in [-0.05, 0) is 37.3 Å². The lowest BCUT2D eigenvalue weighted by Crippen LogP contribution is -2.37. The highest BCUT2D eigenvalue weighted by Gasteiger charge is 2.20. The first-order valence-electron chi connectivity index (χ1n) is 9.61. The van der Waals surface area contributed by atoms with Crippen LogP contribution in [0.1, 0.15) is 39.0 Å². The van der Waals surface area contributed by atoms with Gasteiger partial charge in [-0.3, -0.25) is 0 Å². The molecule has 2 aliphatic heterocycles. The SMILES string of the molecule is CCC[C@@H]1CCCN(C(=O)Nc2ccc(N3CCOCC3)nc2)CC1. The summed E-state index contributed by atoms with van der Waals surface area (Å²) < 4.78 is 5.37. The van der Waals surface area contributed by atoms with Gasteiger partial charge in [-0.25, -0.2) is 9.78 Å². The fourth-order valence-electron chi connectivity index (χ4n) is 3.71. The molecular formula is C19H30N4O2. The molecule has 6 heteroatoms. The quantitative estimate of drug-likeness (QED) is 0.908. The Labute approximate surface area is 150 Å². The van der Waals surface area contributed by atoms with Crippen molar-refractivity contribution >= 4 is 17.5 Å². The lowest BCUT2D eigenvalue weighted by molar-refractivity contribution is 0.122. The van der Waals surface area contributed by atoms with Gasteiger partial charge in [-0.1, -0.05) is 19.8 Å². The van der Waals surface area contributed by atoms with Crippen LogP contribution in [0.4, 0.5) is 16.3 Å². The summed E-state index contributed by atoms with van der Waals surface area (Å²) in [6, 6.07) is 3.91. The molecule has 2 fully saturated rings. The molecule has 0 spiro atoms. The van der Waals surface area contributed by atoms with Gasteiger partial charge in [0.25, 0.3) is 0 Å². The van der Waals surface area contributed by atoms with Gasteiger partial charge in [-0.2, -0.15) is 0 Å². The van der Waals surface area contributed by atoms with Crippen molar-refractivity contribution in [2.24, 2.45) is 5.92 Å². The highest BCUT2D eigenvalue weighted by atomic mass is 16.5. The van der Waals surface area contributed by atoms with E-state index in [1.165, 1.54) is 19.3 Å². The van der Waals surface area contributed by atoms with Crippen molar-refractivity contribution in [3.63, 3.8) is 0 Å². The second-order valence-electron chi connectivity index (χ2n) is 7.01. The fraction of sp³-hybridized carbons (Fsp3) is 0.684. The first-order chi connectivity index (χ1) is 12.3. The van der Waals surface area contributed by atoms with E-state index in [0.29, 0.717) is 0 Å². The van der Waals surface area contributed by atoms with Crippen molar-refractivity contribution in [3.8, 4) is 0 Å². The van der Waals surface area contributed by atoms with Crippen LogP contribution in [0.2, 0.25) is 0 Å². The molecule has 2 amide bonds. The lowest BCUT2D eigenvalue weighted by Gasteiger charge is -2.27. The fourth-order valence-corrected chi connectivity index (χ4v) is 3.71. The number of likely N-dealkylation sites (tertiary alicyclic amines) is 1. The molecule has 2 saturated heterocycles. The largest absolute Gasteiger partial charge is 0.378 e. The summed E-state index contributed by atoms with van der Waals surface area (Å²) in [6.45, 7) is 7.17. The average molecular weight is 346 g/mol. The molecule has 0 bridgehead atoms. The predicted molar refractivity (Wildman–Crippen MR) is 100 cm³/mol. The van der Waals surface area contributed by atoms with Crippen LogP contribution in [0, 0.1) is 5.92 Å². The van der Waals surface area contributed by atoms with Crippen molar-refractivity contribution in [2.45, 2.75) is 39.0 Å². The Morgan fingerprint density at radius 2 is 2.08 bits per heavy atom. The Hall–Kier alpha value is -1.82. The molecule has 6 nitrogen and oxygen atoms in total. The van der Waals surface area contributed by atoms with E-state index in [4.69, 9.17) is 4.74 Å². The summed E-state index contributed by atoms with van der Waals surface area (Å²) >= 11 is 0. The number of hydrogen-bond donors (Lipinski definition) is 1. The number of carbonyl (C=O) groups is 1. The maximum atomic E-state index is 12.5. The molecule has 3 heterocycles. The second kappa shape index (κ2) is 9.04.